The number of hydrogen-bond acceptors (Lipinski definition) is 2. The van der Waals surface area contributed by atoms with Crippen molar-refractivity contribution in [2.75, 3.05) is 0 Å². The van der Waals surface area contributed by atoms with E-state index in [1.54, 1.807) is 0 Å². The van der Waals surface area contributed by atoms with Crippen molar-refractivity contribution < 1.29 is 4.42 Å². The predicted molar refractivity (Wildman–Crippen MR) is 95.5 cm³/mol. The molecule has 0 aliphatic rings. The van der Waals surface area contributed by atoms with Gasteiger partial charge in [0.05, 0.1) is 0 Å². The zero-order valence-corrected chi connectivity index (χ0v) is 12.4. The van der Waals surface area contributed by atoms with Crippen LogP contribution in [0.3, 0.4) is 0 Å². The first-order chi connectivity index (χ1) is 11.3. The molecular formula is C20H14N2O. The molecule has 1 N–H and O–H groups in total. The smallest absolute Gasteiger partial charge is 0.151 e. The van der Waals surface area contributed by atoms with Gasteiger partial charge in [-0.25, -0.2) is 4.99 Å². The van der Waals surface area contributed by atoms with Gasteiger partial charge in [-0.15, -0.1) is 0 Å². The van der Waals surface area contributed by atoms with Crippen LogP contribution in [0.5, 0.6) is 0 Å². The Morgan fingerprint density at radius 1 is 0.870 bits per heavy atom. The molecule has 110 valence electrons. The Morgan fingerprint density at radius 3 is 2.39 bits per heavy atom. The molecule has 0 fully saturated rings. The highest BCUT2D eigenvalue weighted by Gasteiger charge is 2.11. The fourth-order valence-electron chi connectivity index (χ4n) is 2.87. The quantitative estimate of drug-likeness (QED) is 0.397. The third-order valence-corrected chi connectivity index (χ3v) is 4.03. The van der Waals surface area contributed by atoms with Crippen molar-refractivity contribution in [2.24, 2.45) is 4.99 Å². The van der Waals surface area contributed by atoms with Gasteiger partial charge in [0.1, 0.15) is 11.2 Å². The predicted octanol–water partition coefficient (Wildman–Crippen LogP) is 5.28. The maximum absolute atomic E-state index is 7.71. The first-order valence-electron chi connectivity index (χ1n) is 7.34. The largest absolute Gasteiger partial charge is 0.455 e. The lowest BCUT2D eigenvalue weighted by atomic mass is 10.0. The average molecular weight is 298 g/mol. The molecule has 0 amide bonds. The van der Waals surface area contributed by atoms with Crippen molar-refractivity contribution >= 4 is 34.5 Å². The minimum absolute atomic E-state index is 0.179. The molecule has 23 heavy (non-hydrogen) atoms. The highest BCUT2D eigenvalue weighted by Crippen LogP contribution is 2.35. The van der Waals surface area contributed by atoms with E-state index in [1.807, 2.05) is 48.5 Å². The molecule has 0 aliphatic carbocycles. The van der Waals surface area contributed by atoms with E-state index in [-0.39, 0.29) is 5.84 Å². The van der Waals surface area contributed by atoms with Crippen molar-refractivity contribution in [2.45, 2.75) is 0 Å². The lowest BCUT2D eigenvalue weighted by Crippen LogP contribution is -1.93. The van der Waals surface area contributed by atoms with Crippen LogP contribution >= 0.6 is 0 Å². The summed E-state index contributed by atoms with van der Waals surface area (Å²) in [6.07, 6.45) is 0. The van der Waals surface area contributed by atoms with Gasteiger partial charge >= 0.3 is 0 Å². The molecule has 1 aromatic heterocycles. The fraction of sp³-hybridized carbons (Fsp3) is 0. The number of fused-ring (bicyclic) bond motifs is 3. The first-order valence-corrected chi connectivity index (χ1v) is 7.34. The maximum atomic E-state index is 7.71. The van der Waals surface area contributed by atoms with Crippen LogP contribution in [0.4, 0.5) is 0 Å². The van der Waals surface area contributed by atoms with Gasteiger partial charge in [0, 0.05) is 21.9 Å². The Labute approximate surface area is 133 Å². The minimum Gasteiger partial charge on any atom is -0.455 e. The lowest BCUT2D eigenvalue weighted by molar-refractivity contribution is 0.670. The van der Waals surface area contributed by atoms with Gasteiger partial charge in [0.15, 0.2) is 5.84 Å². The molecule has 0 saturated heterocycles. The van der Waals surface area contributed by atoms with Crippen molar-refractivity contribution in [1.29, 1.82) is 5.41 Å². The summed E-state index contributed by atoms with van der Waals surface area (Å²) in [5, 5.41) is 9.95. The van der Waals surface area contributed by atoms with Gasteiger partial charge in [-0.2, -0.15) is 0 Å². The molecule has 0 atom stereocenters. The van der Waals surface area contributed by atoms with Crippen molar-refractivity contribution in [3.8, 4) is 11.1 Å². The summed E-state index contributed by atoms with van der Waals surface area (Å²) >= 11 is 0. The van der Waals surface area contributed by atoms with E-state index in [2.05, 4.69) is 29.9 Å². The molecule has 4 aromatic rings. The topological polar surface area (TPSA) is 49.4 Å². The number of benzene rings is 3. The van der Waals surface area contributed by atoms with Gasteiger partial charge in [-0.3, -0.25) is 5.41 Å². The zero-order valence-electron chi connectivity index (χ0n) is 12.4. The van der Waals surface area contributed by atoms with Crippen LogP contribution in [0, 0.1) is 5.41 Å². The van der Waals surface area contributed by atoms with Gasteiger partial charge in [0.2, 0.25) is 0 Å². The number of nitrogens with zero attached hydrogens (tertiary/aromatic N) is 1. The Kier molecular flexibility index (Phi) is 3.05. The summed E-state index contributed by atoms with van der Waals surface area (Å²) in [6.45, 7) is 3.39. The van der Waals surface area contributed by atoms with Crippen LogP contribution in [0.15, 0.2) is 76.1 Å². The number of rotatable bonds is 2. The van der Waals surface area contributed by atoms with E-state index >= 15 is 0 Å². The van der Waals surface area contributed by atoms with Gasteiger partial charge in [-0.1, -0.05) is 60.7 Å². The van der Waals surface area contributed by atoms with Crippen LogP contribution in [0.2, 0.25) is 0 Å². The first kappa shape index (κ1) is 13.5. The second-order valence-electron chi connectivity index (χ2n) is 5.36. The molecule has 3 heteroatoms. The van der Waals surface area contributed by atoms with E-state index in [9.17, 15) is 0 Å². The van der Waals surface area contributed by atoms with Gasteiger partial charge in [-0.05, 0) is 18.3 Å². The molecule has 0 bridgehead atoms. The van der Waals surface area contributed by atoms with E-state index in [0.29, 0.717) is 0 Å². The van der Waals surface area contributed by atoms with Crippen LogP contribution in [0.1, 0.15) is 5.56 Å². The van der Waals surface area contributed by atoms with E-state index in [0.717, 1.165) is 38.6 Å². The SMILES string of the molecule is C=NC(=N)c1ccc(-c2cccc3c2oc2ccccc23)cc1. The van der Waals surface area contributed by atoms with E-state index in [1.165, 1.54) is 0 Å². The van der Waals surface area contributed by atoms with Gasteiger partial charge in [0.25, 0.3) is 0 Å². The molecule has 0 aliphatic heterocycles. The Bertz CT molecular complexity index is 1040. The summed E-state index contributed by atoms with van der Waals surface area (Å²) in [4.78, 5) is 3.65. The summed E-state index contributed by atoms with van der Waals surface area (Å²) < 4.78 is 6.07. The molecule has 0 saturated carbocycles. The molecular weight excluding hydrogens is 284 g/mol. The molecule has 3 aromatic carbocycles. The summed E-state index contributed by atoms with van der Waals surface area (Å²) in [7, 11) is 0. The highest BCUT2D eigenvalue weighted by molar-refractivity contribution is 6.09. The summed E-state index contributed by atoms with van der Waals surface area (Å²) in [5.41, 5.74) is 4.63. The number of nitrogens with one attached hydrogen (secondary N) is 1. The molecule has 0 spiro atoms. The van der Waals surface area contributed by atoms with Crippen LogP contribution in [-0.2, 0) is 0 Å². The number of amidine groups is 1. The van der Waals surface area contributed by atoms with Crippen molar-refractivity contribution in [1.82, 2.24) is 0 Å². The maximum Gasteiger partial charge on any atom is 0.151 e. The second-order valence-corrected chi connectivity index (χ2v) is 5.36. The Hall–Kier alpha value is -3.20. The minimum atomic E-state index is 0.179. The number of furan rings is 1. The number of aliphatic imine (C=N–C) groups is 1. The monoisotopic (exact) mass is 298 g/mol. The molecule has 3 nitrogen and oxygen atoms in total. The number of para-hydroxylation sites is 2. The molecule has 4 rings (SSSR count). The van der Waals surface area contributed by atoms with Gasteiger partial charge < -0.3 is 4.42 Å². The lowest BCUT2D eigenvalue weighted by Gasteiger charge is -2.04. The zero-order chi connectivity index (χ0) is 15.8. The highest BCUT2D eigenvalue weighted by atomic mass is 16.3. The standard InChI is InChI=1S/C20H14N2O/c1-22-20(21)14-11-9-13(10-12-14)15-6-4-7-17-16-5-2-3-8-18(16)23-19(15)17/h2-12,21H,1H2. The van der Waals surface area contributed by atoms with Crippen molar-refractivity contribution in [3.63, 3.8) is 0 Å². The van der Waals surface area contributed by atoms with Crippen LogP contribution < -0.4 is 0 Å². The Balaban J connectivity index is 1.91. The van der Waals surface area contributed by atoms with Crippen molar-refractivity contribution in [3.05, 3.63) is 72.3 Å². The second kappa shape index (κ2) is 5.21. The third-order valence-electron chi connectivity index (χ3n) is 4.03. The summed E-state index contributed by atoms with van der Waals surface area (Å²) in [6, 6.07) is 22.0. The normalized spacial score (nSPS) is 11.0. The third kappa shape index (κ3) is 2.14. The molecule has 0 radical (unpaired) electrons. The number of hydrogen-bond donors (Lipinski definition) is 1. The molecule has 1 heterocycles. The average Bonchev–Trinajstić information content (AvgIpc) is 3.00. The fourth-order valence-corrected chi connectivity index (χ4v) is 2.87. The van der Waals surface area contributed by atoms with E-state index in [4.69, 9.17) is 9.83 Å². The van der Waals surface area contributed by atoms with Crippen LogP contribution in [0.25, 0.3) is 33.1 Å². The molecule has 0 unspecified atom stereocenters. The van der Waals surface area contributed by atoms with Crippen LogP contribution in [-0.4, -0.2) is 12.6 Å². The Morgan fingerprint density at radius 2 is 1.61 bits per heavy atom. The van der Waals surface area contributed by atoms with E-state index < -0.39 is 0 Å². The summed E-state index contributed by atoms with van der Waals surface area (Å²) in [5.74, 6) is 0.179.